The van der Waals surface area contributed by atoms with Crippen LogP contribution in [0, 0.1) is 52.3 Å². The summed E-state index contributed by atoms with van der Waals surface area (Å²) in [5.41, 5.74) is -0.162. The number of carbonyl (C=O) groups is 2. The lowest BCUT2D eigenvalue weighted by atomic mass is 9.50. The summed E-state index contributed by atoms with van der Waals surface area (Å²) in [6, 6.07) is 0. The third-order valence-corrected chi connectivity index (χ3v) is 10.5. The van der Waals surface area contributed by atoms with Crippen LogP contribution in [0.5, 0.6) is 0 Å². The summed E-state index contributed by atoms with van der Waals surface area (Å²) in [5, 5.41) is 9.84. The van der Waals surface area contributed by atoms with E-state index < -0.39 is 5.97 Å². The molecule has 0 aliphatic heterocycles. The number of carboxylic acids is 1. The molecule has 0 aromatic carbocycles. The monoisotopic (exact) mass is 444 g/mol. The molecule has 3 aliphatic rings. The largest absolute Gasteiger partial charge is 0.481 e. The average Bonchev–Trinajstić information content (AvgIpc) is 3.07. The molecule has 0 radical (unpaired) electrons. The van der Waals surface area contributed by atoms with Gasteiger partial charge in [0.05, 0.1) is 0 Å². The van der Waals surface area contributed by atoms with E-state index in [1.807, 2.05) is 6.08 Å². The standard InChI is InChI=1S/C29H48O3/c1-7-21(19(2)3)12-11-20(4)23-13-14-24-22(18-27(31)32)25(15-17-28(23,24)5)29(6)16-9-8-10-26(29)30/h8,10,19-25H,7,9,11-18H2,1-6H3,(H,31,32)/t20-,21-,22+,23-,24+,25+,28-,29-/m1/s1. The normalized spacial score (nSPS) is 39.2. The van der Waals surface area contributed by atoms with E-state index in [1.165, 1.54) is 25.7 Å². The van der Waals surface area contributed by atoms with E-state index in [9.17, 15) is 14.7 Å². The van der Waals surface area contributed by atoms with Gasteiger partial charge in [0.2, 0.25) is 0 Å². The molecule has 0 aromatic heterocycles. The Morgan fingerprint density at radius 1 is 1.09 bits per heavy atom. The molecule has 0 heterocycles. The van der Waals surface area contributed by atoms with Crippen LogP contribution in [0.1, 0.15) is 106 Å². The zero-order chi connectivity index (χ0) is 23.7. The van der Waals surface area contributed by atoms with E-state index in [1.54, 1.807) is 6.08 Å². The number of fused-ring (bicyclic) bond motifs is 1. The van der Waals surface area contributed by atoms with Gasteiger partial charge in [-0.1, -0.05) is 60.5 Å². The number of hydrogen-bond acceptors (Lipinski definition) is 2. The van der Waals surface area contributed by atoms with Crippen molar-refractivity contribution in [1.29, 1.82) is 0 Å². The van der Waals surface area contributed by atoms with Gasteiger partial charge >= 0.3 is 5.97 Å². The van der Waals surface area contributed by atoms with Gasteiger partial charge in [-0.25, -0.2) is 0 Å². The van der Waals surface area contributed by atoms with Crippen LogP contribution in [0.25, 0.3) is 0 Å². The van der Waals surface area contributed by atoms with E-state index in [-0.39, 0.29) is 34.9 Å². The predicted molar refractivity (Wildman–Crippen MR) is 131 cm³/mol. The van der Waals surface area contributed by atoms with Crippen molar-refractivity contribution in [3.8, 4) is 0 Å². The maximum atomic E-state index is 13.0. The molecule has 0 bridgehead atoms. The molecule has 0 amide bonds. The lowest BCUT2D eigenvalue weighted by molar-refractivity contribution is -0.146. The number of carboxylic acid groups (broad SMARTS) is 1. The lowest BCUT2D eigenvalue weighted by Crippen LogP contribution is -2.50. The van der Waals surface area contributed by atoms with Gasteiger partial charge in [-0.3, -0.25) is 9.59 Å². The highest BCUT2D eigenvalue weighted by Crippen LogP contribution is 2.64. The van der Waals surface area contributed by atoms with Crippen molar-refractivity contribution in [3.05, 3.63) is 12.2 Å². The predicted octanol–water partition coefficient (Wildman–Crippen LogP) is 7.54. The second-order valence-electron chi connectivity index (χ2n) is 12.4. The van der Waals surface area contributed by atoms with E-state index >= 15 is 0 Å². The van der Waals surface area contributed by atoms with Gasteiger partial charge in [0.1, 0.15) is 0 Å². The first kappa shape index (κ1) is 25.5. The summed E-state index contributed by atoms with van der Waals surface area (Å²) in [5.74, 6) is 3.24. The molecule has 0 unspecified atom stereocenters. The summed E-state index contributed by atoms with van der Waals surface area (Å²) in [4.78, 5) is 25.0. The first-order chi connectivity index (χ1) is 15.0. The molecule has 0 spiro atoms. The topological polar surface area (TPSA) is 54.4 Å². The average molecular weight is 445 g/mol. The van der Waals surface area contributed by atoms with Crippen LogP contribution in [0.15, 0.2) is 12.2 Å². The zero-order valence-corrected chi connectivity index (χ0v) is 21.5. The number of aliphatic carboxylic acids is 1. The van der Waals surface area contributed by atoms with Crippen LogP contribution in [-0.4, -0.2) is 16.9 Å². The second-order valence-corrected chi connectivity index (χ2v) is 12.4. The van der Waals surface area contributed by atoms with Crippen LogP contribution in [0.4, 0.5) is 0 Å². The Kier molecular flexibility index (Phi) is 7.98. The smallest absolute Gasteiger partial charge is 0.303 e. The third kappa shape index (κ3) is 4.73. The number of hydrogen-bond donors (Lipinski definition) is 1. The highest BCUT2D eigenvalue weighted by atomic mass is 16.4. The maximum Gasteiger partial charge on any atom is 0.303 e. The molecular formula is C29H48O3. The Morgan fingerprint density at radius 2 is 1.81 bits per heavy atom. The molecule has 3 aliphatic carbocycles. The number of allylic oxidation sites excluding steroid dienone is 2. The molecule has 0 aromatic rings. The minimum absolute atomic E-state index is 0.128. The number of rotatable bonds is 9. The van der Waals surface area contributed by atoms with Crippen molar-refractivity contribution < 1.29 is 14.7 Å². The molecule has 2 saturated carbocycles. The fourth-order valence-electron chi connectivity index (χ4n) is 8.48. The zero-order valence-electron chi connectivity index (χ0n) is 21.5. The Bertz CT molecular complexity index is 709. The molecule has 3 nitrogen and oxygen atoms in total. The van der Waals surface area contributed by atoms with Gasteiger partial charge in [-0.2, -0.15) is 0 Å². The lowest BCUT2D eigenvalue weighted by Gasteiger charge is -2.54. The van der Waals surface area contributed by atoms with Crippen molar-refractivity contribution in [2.45, 2.75) is 106 Å². The van der Waals surface area contributed by atoms with Crippen LogP contribution < -0.4 is 0 Å². The van der Waals surface area contributed by atoms with Crippen LogP contribution >= 0.6 is 0 Å². The molecule has 3 rings (SSSR count). The molecule has 8 atom stereocenters. The molecule has 32 heavy (non-hydrogen) atoms. The summed E-state index contributed by atoms with van der Waals surface area (Å²) in [6.45, 7) is 14.1. The minimum atomic E-state index is -0.689. The Morgan fingerprint density at radius 3 is 2.41 bits per heavy atom. The first-order valence-electron chi connectivity index (χ1n) is 13.5. The Labute approximate surface area is 196 Å². The summed E-state index contributed by atoms with van der Waals surface area (Å²) < 4.78 is 0. The highest BCUT2D eigenvalue weighted by Gasteiger charge is 2.58. The van der Waals surface area contributed by atoms with Gasteiger partial charge in [0.15, 0.2) is 5.78 Å². The highest BCUT2D eigenvalue weighted by molar-refractivity contribution is 5.95. The van der Waals surface area contributed by atoms with Crippen molar-refractivity contribution >= 4 is 11.8 Å². The quantitative estimate of drug-likeness (QED) is 0.399. The van der Waals surface area contributed by atoms with Gasteiger partial charge in [-0.15, -0.1) is 0 Å². The van der Waals surface area contributed by atoms with Gasteiger partial charge in [0, 0.05) is 11.8 Å². The Hall–Kier alpha value is -1.12. The fourth-order valence-corrected chi connectivity index (χ4v) is 8.48. The van der Waals surface area contributed by atoms with Gasteiger partial charge in [-0.05, 0) is 97.9 Å². The van der Waals surface area contributed by atoms with Crippen molar-refractivity contribution in [1.82, 2.24) is 0 Å². The van der Waals surface area contributed by atoms with Crippen molar-refractivity contribution in [3.63, 3.8) is 0 Å². The molecule has 3 heteroatoms. The van der Waals surface area contributed by atoms with E-state index in [4.69, 9.17) is 0 Å². The van der Waals surface area contributed by atoms with E-state index in [2.05, 4.69) is 41.5 Å². The van der Waals surface area contributed by atoms with Gasteiger partial charge in [0.25, 0.3) is 0 Å². The molecular weight excluding hydrogens is 396 g/mol. The number of ketones is 1. The van der Waals surface area contributed by atoms with Crippen molar-refractivity contribution in [2.24, 2.45) is 52.3 Å². The van der Waals surface area contributed by atoms with E-state index in [0.717, 1.165) is 43.9 Å². The third-order valence-electron chi connectivity index (χ3n) is 10.5. The summed E-state index contributed by atoms with van der Waals surface area (Å²) in [7, 11) is 0. The van der Waals surface area contributed by atoms with Crippen molar-refractivity contribution in [2.75, 3.05) is 0 Å². The Balaban J connectivity index is 1.80. The second kappa shape index (κ2) is 10.0. The summed E-state index contributed by atoms with van der Waals surface area (Å²) in [6.07, 6.45) is 14.2. The fraction of sp³-hybridized carbons (Fsp3) is 0.862. The maximum absolute atomic E-state index is 13.0. The van der Waals surface area contributed by atoms with Crippen LogP contribution in [0.3, 0.4) is 0 Å². The minimum Gasteiger partial charge on any atom is -0.481 e. The molecule has 2 fully saturated rings. The first-order valence-corrected chi connectivity index (χ1v) is 13.5. The van der Waals surface area contributed by atoms with Crippen LogP contribution in [-0.2, 0) is 9.59 Å². The van der Waals surface area contributed by atoms with Gasteiger partial charge < -0.3 is 5.11 Å². The molecule has 1 N–H and O–H groups in total. The molecule has 182 valence electrons. The summed E-state index contributed by atoms with van der Waals surface area (Å²) >= 11 is 0. The number of carbonyl (C=O) groups excluding carboxylic acids is 1. The molecule has 0 saturated heterocycles. The SMILES string of the molecule is CC[C@H](CC[C@@H](C)[C@H]1CC[C@H]2[C@H](CC(=O)O)[C@@H]([C@@]3(C)CCC=CC3=O)CC[C@]12C)C(C)C. The van der Waals surface area contributed by atoms with Crippen LogP contribution in [0.2, 0.25) is 0 Å². The van der Waals surface area contributed by atoms with E-state index in [0.29, 0.717) is 17.8 Å².